The maximum atomic E-state index is 12.1. The molecule has 0 bridgehead atoms. The number of methoxy groups -OCH3 is 1. The predicted molar refractivity (Wildman–Crippen MR) is 111 cm³/mol. The number of ether oxygens (including phenoxy) is 2. The van der Waals surface area contributed by atoms with Gasteiger partial charge in [0.15, 0.2) is 11.5 Å². The summed E-state index contributed by atoms with van der Waals surface area (Å²) in [6.07, 6.45) is 0. The highest BCUT2D eigenvalue weighted by molar-refractivity contribution is 7.99. The number of hydrogen-bond donors (Lipinski definition) is 1. The molecule has 1 aromatic heterocycles. The molecule has 0 spiro atoms. The summed E-state index contributed by atoms with van der Waals surface area (Å²) in [5.74, 6) is 1.40. The zero-order valence-electron chi connectivity index (χ0n) is 16.6. The fraction of sp³-hybridized carbons (Fsp3) is 0.300. The Labute approximate surface area is 173 Å². The molecule has 1 N–H and O–H groups in total. The van der Waals surface area contributed by atoms with Gasteiger partial charge in [-0.1, -0.05) is 30.0 Å². The number of carbonyl (C=O) groups excluding carboxylic acids is 1. The van der Waals surface area contributed by atoms with Crippen LogP contribution in [0.5, 0.6) is 11.5 Å². The number of aryl methyl sites for hydroxylation is 2. The van der Waals surface area contributed by atoms with Crippen LogP contribution in [0, 0.1) is 13.8 Å². The second-order valence-electron chi connectivity index (χ2n) is 6.36. The van der Waals surface area contributed by atoms with Crippen LogP contribution in [-0.2, 0) is 4.79 Å². The lowest BCUT2D eigenvalue weighted by Crippen LogP contribution is -2.29. The number of nitrogens with zero attached hydrogens (tertiary/aromatic N) is 4. The molecule has 1 heterocycles. The third-order valence-electron chi connectivity index (χ3n) is 3.98. The van der Waals surface area contributed by atoms with Crippen molar-refractivity contribution in [2.45, 2.75) is 19.0 Å². The first-order valence-electron chi connectivity index (χ1n) is 9.09. The summed E-state index contributed by atoms with van der Waals surface area (Å²) in [7, 11) is 1.59. The summed E-state index contributed by atoms with van der Waals surface area (Å²) in [5, 5.41) is 15.2. The fourth-order valence-corrected chi connectivity index (χ4v) is 3.50. The van der Waals surface area contributed by atoms with Gasteiger partial charge in [0, 0.05) is 0 Å². The molecule has 152 valence electrons. The van der Waals surface area contributed by atoms with E-state index in [-0.39, 0.29) is 11.7 Å². The van der Waals surface area contributed by atoms with Crippen molar-refractivity contribution in [3.8, 4) is 17.2 Å². The maximum absolute atomic E-state index is 12.1. The standard InChI is InChI=1S/C20H23N5O3S/c1-14-10-15(2)12-16(11-14)25-20(22-23-24-25)29-13-19(26)21-8-9-28-18-7-5-4-6-17(18)27-3/h4-7,10-12H,8-9,13H2,1-3H3,(H,21,26). The lowest BCUT2D eigenvalue weighted by molar-refractivity contribution is -0.118. The Morgan fingerprint density at radius 3 is 2.59 bits per heavy atom. The number of rotatable bonds is 9. The minimum atomic E-state index is -0.117. The average Bonchev–Trinajstić information content (AvgIpc) is 3.18. The molecule has 1 amide bonds. The van der Waals surface area contributed by atoms with Crippen molar-refractivity contribution in [2.24, 2.45) is 0 Å². The first kappa shape index (κ1) is 20.7. The van der Waals surface area contributed by atoms with Gasteiger partial charge in [0.05, 0.1) is 25.1 Å². The third-order valence-corrected chi connectivity index (χ3v) is 4.89. The van der Waals surface area contributed by atoms with E-state index in [0.29, 0.717) is 29.8 Å². The lowest BCUT2D eigenvalue weighted by Gasteiger charge is -2.11. The van der Waals surface area contributed by atoms with Crippen molar-refractivity contribution in [1.29, 1.82) is 0 Å². The Balaban J connectivity index is 1.47. The van der Waals surface area contributed by atoms with E-state index in [9.17, 15) is 4.79 Å². The smallest absolute Gasteiger partial charge is 0.230 e. The SMILES string of the molecule is COc1ccccc1OCCNC(=O)CSc1nnnn1-c1cc(C)cc(C)c1. The summed E-state index contributed by atoms with van der Waals surface area (Å²) in [6.45, 7) is 4.78. The van der Waals surface area contributed by atoms with Crippen LogP contribution in [0.4, 0.5) is 0 Å². The van der Waals surface area contributed by atoms with E-state index in [4.69, 9.17) is 9.47 Å². The van der Waals surface area contributed by atoms with Crippen molar-refractivity contribution in [3.63, 3.8) is 0 Å². The fourth-order valence-electron chi connectivity index (χ4n) is 2.77. The van der Waals surface area contributed by atoms with Crippen LogP contribution in [0.3, 0.4) is 0 Å². The normalized spacial score (nSPS) is 10.6. The summed E-state index contributed by atoms with van der Waals surface area (Å²) in [4.78, 5) is 12.1. The molecular weight excluding hydrogens is 390 g/mol. The van der Waals surface area contributed by atoms with E-state index in [1.54, 1.807) is 11.8 Å². The van der Waals surface area contributed by atoms with E-state index in [1.165, 1.54) is 11.8 Å². The highest BCUT2D eigenvalue weighted by Gasteiger charge is 2.12. The molecular formula is C20H23N5O3S. The third kappa shape index (κ3) is 5.71. The molecule has 9 heteroatoms. The van der Waals surface area contributed by atoms with Gasteiger partial charge in [0.2, 0.25) is 11.1 Å². The van der Waals surface area contributed by atoms with Crippen LogP contribution < -0.4 is 14.8 Å². The monoisotopic (exact) mass is 413 g/mol. The number of aromatic nitrogens is 4. The van der Waals surface area contributed by atoms with Crippen molar-refractivity contribution >= 4 is 17.7 Å². The first-order valence-corrected chi connectivity index (χ1v) is 10.1. The Bertz CT molecular complexity index is 956. The van der Waals surface area contributed by atoms with Crippen molar-refractivity contribution < 1.29 is 14.3 Å². The minimum absolute atomic E-state index is 0.117. The molecule has 0 aliphatic heterocycles. The first-order chi connectivity index (χ1) is 14.1. The van der Waals surface area contributed by atoms with Crippen LogP contribution in [0.15, 0.2) is 47.6 Å². The highest BCUT2D eigenvalue weighted by atomic mass is 32.2. The number of carbonyl (C=O) groups is 1. The average molecular weight is 414 g/mol. The van der Waals surface area contributed by atoms with Crippen LogP contribution in [0.1, 0.15) is 11.1 Å². The topological polar surface area (TPSA) is 91.2 Å². The number of tetrazole rings is 1. The Morgan fingerprint density at radius 1 is 1.14 bits per heavy atom. The van der Waals surface area contributed by atoms with Crippen LogP contribution in [0.2, 0.25) is 0 Å². The summed E-state index contributed by atoms with van der Waals surface area (Å²) in [5.41, 5.74) is 3.12. The van der Waals surface area contributed by atoms with Gasteiger partial charge < -0.3 is 14.8 Å². The highest BCUT2D eigenvalue weighted by Crippen LogP contribution is 2.25. The van der Waals surface area contributed by atoms with E-state index in [2.05, 4.69) is 26.9 Å². The molecule has 0 saturated heterocycles. The number of amides is 1. The molecule has 0 aliphatic rings. The van der Waals surface area contributed by atoms with Gasteiger partial charge in [-0.3, -0.25) is 4.79 Å². The predicted octanol–water partition coefficient (Wildman–Crippen LogP) is 2.58. The van der Waals surface area contributed by atoms with Gasteiger partial charge in [-0.2, -0.15) is 4.68 Å². The van der Waals surface area contributed by atoms with Gasteiger partial charge >= 0.3 is 0 Å². The van der Waals surface area contributed by atoms with Crippen LogP contribution in [0.25, 0.3) is 5.69 Å². The molecule has 0 atom stereocenters. The van der Waals surface area contributed by atoms with E-state index in [1.807, 2.05) is 50.2 Å². The quantitative estimate of drug-likeness (QED) is 0.426. The maximum Gasteiger partial charge on any atom is 0.230 e. The van der Waals surface area contributed by atoms with Gasteiger partial charge in [0.25, 0.3) is 0 Å². The Morgan fingerprint density at radius 2 is 1.86 bits per heavy atom. The molecule has 2 aromatic carbocycles. The second-order valence-corrected chi connectivity index (χ2v) is 7.30. The lowest BCUT2D eigenvalue weighted by atomic mass is 10.1. The summed E-state index contributed by atoms with van der Waals surface area (Å²) >= 11 is 1.28. The molecule has 0 unspecified atom stereocenters. The molecule has 0 fully saturated rings. The molecule has 0 saturated carbocycles. The van der Waals surface area contributed by atoms with E-state index in [0.717, 1.165) is 16.8 Å². The zero-order chi connectivity index (χ0) is 20.6. The minimum Gasteiger partial charge on any atom is -0.493 e. The number of para-hydroxylation sites is 2. The number of hydrogen-bond acceptors (Lipinski definition) is 7. The molecule has 8 nitrogen and oxygen atoms in total. The summed E-state index contributed by atoms with van der Waals surface area (Å²) in [6, 6.07) is 13.5. The number of thioether (sulfide) groups is 1. The van der Waals surface area contributed by atoms with Crippen LogP contribution in [-0.4, -0.2) is 52.1 Å². The van der Waals surface area contributed by atoms with E-state index < -0.39 is 0 Å². The molecule has 3 rings (SSSR count). The molecule has 0 aliphatic carbocycles. The van der Waals surface area contributed by atoms with Gasteiger partial charge in [-0.25, -0.2) is 0 Å². The van der Waals surface area contributed by atoms with Gasteiger partial charge in [0.1, 0.15) is 6.61 Å². The van der Waals surface area contributed by atoms with Crippen molar-refractivity contribution in [1.82, 2.24) is 25.5 Å². The molecule has 0 radical (unpaired) electrons. The van der Waals surface area contributed by atoms with Crippen LogP contribution >= 0.6 is 11.8 Å². The molecule has 29 heavy (non-hydrogen) atoms. The van der Waals surface area contributed by atoms with Crippen molar-refractivity contribution in [3.05, 3.63) is 53.6 Å². The number of nitrogens with one attached hydrogen (secondary N) is 1. The van der Waals surface area contributed by atoms with Gasteiger partial charge in [-0.15, -0.1) is 5.10 Å². The Hall–Kier alpha value is -3.07. The van der Waals surface area contributed by atoms with Crippen molar-refractivity contribution in [2.75, 3.05) is 26.0 Å². The largest absolute Gasteiger partial charge is 0.493 e. The molecule has 3 aromatic rings. The zero-order valence-corrected chi connectivity index (χ0v) is 17.4. The van der Waals surface area contributed by atoms with Gasteiger partial charge in [-0.05, 0) is 59.7 Å². The second kappa shape index (κ2) is 9.92. The summed E-state index contributed by atoms with van der Waals surface area (Å²) < 4.78 is 12.5. The number of benzene rings is 2. The Kier molecular flexibility index (Phi) is 7.07. The van der Waals surface area contributed by atoms with E-state index >= 15 is 0 Å².